The fraction of sp³-hybridized carbons (Fsp3) is 0.750. The van der Waals surface area contributed by atoms with Gasteiger partial charge in [0, 0.05) is 6.04 Å². The second-order valence-corrected chi connectivity index (χ2v) is 4.64. The van der Waals surface area contributed by atoms with Crippen LogP contribution >= 0.6 is 0 Å². The molecule has 2 aliphatic rings. The number of ketones is 1. The van der Waals surface area contributed by atoms with Gasteiger partial charge in [-0.15, -0.1) is 0 Å². The SMILES string of the molecule is CC(=O)C1C[C@@H]2CCC=CCC2N1C. The minimum Gasteiger partial charge on any atom is -0.298 e. The van der Waals surface area contributed by atoms with Crippen molar-refractivity contribution in [1.29, 1.82) is 0 Å². The smallest absolute Gasteiger partial charge is 0.146 e. The van der Waals surface area contributed by atoms with Crippen LogP contribution in [0.4, 0.5) is 0 Å². The minimum atomic E-state index is 0.191. The topological polar surface area (TPSA) is 20.3 Å². The lowest BCUT2D eigenvalue weighted by Gasteiger charge is -2.24. The van der Waals surface area contributed by atoms with Crippen molar-refractivity contribution in [3.05, 3.63) is 12.2 Å². The monoisotopic (exact) mass is 193 g/mol. The molecule has 1 heterocycles. The van der Waals surface area contributed by atoms with Crippen LogP contribution in [0.15, 0.2) is 12.2 Å². The lowest BCUT2D eigenvalue weighted by Crippen LogP contribution is -2.37. The predicted octanol–water partition coefficient (Wildman–Crippen LogP) is 2.00. The molecule has 1 fully saturated rings. The number of hydrogen-bond acceptors (Lipinski definition) is 2. The van der Waals surface area contributed by atoms with E-state index in [-0.39, 0.29) is 6.04 Å². The van der Waals surface area contributed by atoms with Crippen LogP contribution in [-0.4, -0.2) is 29.8 Å². The Bertz CT molecular complexity index is 259. The number of nitrogens with zero attached hydrogens (tertiary/aromatic N) is 1. The van der Waals surface area contributed by atoms with Crippen LogP contribution < -0.4 is 0 Å². The van der Waals surface area contributed by atoms with Gasteiger partial charge in [-0.1, -0.05) is 12.2 Å². The standard InChI is InChI=1S/C12H19NO/c1-9(14)12-8-10-6-4-3-5-7-11(10)13(12)2/h3,5,10-12H,4,6-8H2,1-2H3/t10-,11?,12?/m0/s1. The fourth-order valence-electron chi connectivity index (χ4n) is 2.96. The Hall–Kier alpha value is -0.630. The molecule has 0 saturated carbocycles. The van der Waals surface area contributed by atoms with Crippen LogP contribution in [-0.2, 0) is 4.79 Å². The Kier molecular flexibility index (Phi) is 2.73. The van der Waals surface area contributed by atoms with Gasteiger partial charge in [0.15, 0.2) is 0 Å². The summed E-state index contributed by atoms with van der Waals surface area (Å²) in [6, 6.07) is 0.805. The maximum absolute atomic E-state index is 11.4. The largest absolute Gasteiger partial charge is 0.298 e. The zero-order valence-electron chi connectivity index (χ0n) is 9.07. The van der Waals surface area contributed by atoms with E-state index >= 15 is 0 Å². The molecule has 0 radical (unpaired) electrons. The number of Topliss-reactive ketones (excluding diaryl/α,β-unsaturated/α-hetero) is 1. The third kappa shape index (κ3) is 1.63. The molecule has 78 valence electrons. The summed E-state index contributed by atoms with van der Waals surface area (Å²) in [4.78, 5) is 13.7. The maximum Gasteiger partial charge on any atom is 0.146 e. The van der Waals surface area contributed by atoms with Crippen molar-refractivity contribution >= 4 is 5.78 Å². The van der Waals surface area contributed by atoms with E-state index in [1.54, 1.807) is 6.92 Å². The van der Waals surface area contributed by atoms with Gasteiger partial charge in [-0.25, -0.2) is 0 Å². The zero-order valence-corrected chi connectivity index (χ0v) is 9.07. The van der Waals surface area contributed by atoms with E-state index in [2.05, 4.69) is 24.1 Å². The van der Waals surface area contributed by atoms with Gasteiger partial charge in [0.25, 0.3) is 0 Å². The molecular weight excluding hydrogens is 174 g/mol. The first-order valence-corrected chi connectivity index (χ1v) is 5.57. The van der Waals surface area contributed by atoms with Crippen molar-refractivity contribution in [2.75, 3.05) is 7.05 Å². The summed E-state index contributed by atoms with van der Waals surface area (Å²) < 4.78 is 0. The summed E-state index contributed by atoms with van der Waals surface area (Å²) in [5, 5.41) is 0. The highest BCUT2D eigenvalue weighted by molar-refractivity contribution is 5.81. The highest BCUT2D eigenvalue weighted by Crippen LogP contribution is 2.35. The van der Waals surface area contributed by atoms with Crippen molar-refractivity contribution in [2.45, 2.75) is 44.7 Å². The third-order valence-electron chi connectivity index (χ3n) is 3.80. The fourth-order valence-corrected chi connectivity index (χ4v) is 2.96. The molecular formula is C12H19NO. The van der Waals surface area contributed by atoms with Gasteiger partial charge < -0.3 is 0 Å². The molecule has 0 aromatic heterocycles. The number of carbonyl (C=O) groups is 1. The second-order valence-electron chi connectivity index (χ2n) is 4.64. The average Bonchev–Trinajstić information content (AvgIpc) is 2.37. The Morgan fingerprint density at radius 3 is 2.93 bits per heavy atom. The van der Waals surface area contributed by atoms with E-state index in [1.165, 1.54) is 12.8 Å². The quantitative estimate of drug-likeness (QED) is 0.594. The van der Waals surface area contributed by atoms with Gasteiger partial charge in [-0.05, 0) is 45.6 Å². The van der Waals surface area contributed by atoms with Crippen LogP contribution in [0, 0.1) is 5.92 Å². The van der Waals surface area contributed by atoms with Crippen molar-refractivity contribution in [1.82, 2.24) is 4.90 Å². The van der Waals surface area contributed by atoms with Crippen molar-refractivity contribution in [2.24, 2.45) is 5.92 Å². The minimum absolute atomic E-state index is 0.191. The Morgan fingerprint density at radius 1 is 1.43 bits per heavy atom. The predicted molar refractivity (Wildman–Crippen MR) is 57.1 cm³/mol. The normalized spacial score (nSPS) is 38.0. The molecule has 2 unspecified atom stereocenters. The molecule has 0 aromatic rings. The summed E-state index contributed by atoms with van der Waals surface area (Å²) in [6.45, 7) is 1.72. The number of fused-ring (bicyclic) bond motifs is 1. The molecule has 0 spiro atoms. The van der Waals surface area contributed by atoms with Gasteiger partial charge in [-0.3, -0.25) is 9.69 Å². The highest BCUT2D eigenvalue weighted by atomic mass is 16.1. The molecule has 1 aliphatic heterocycles. The first-order valence-electron chi connectivity index (χ1n) is 5.57. The molecule has 14 heavy (non-hydrogen) atoms. The summed E-state index contributed by atoms with van der Waals surface area (Å²) in [7, 11) is 2.11. The van der Waals surface area contributed by atoms with Gasteiger partial charge in [0.05, 0.1) is 6.04 Å². The number of hydrogen-bond donors (Lipinski definition) is 0. The van der Waals surface area contributed by atoms with Gasteiger partial charge in [-0.2, -0.15) is 0 Å². The summed E-state index contributed by atoms with van der Waals surface area (Å²) >= 11 is 0. The van der Waals surface area contributed by atoms with E-state index in [1.807, 2.05) is 0 Å². The van der Waals surface area contributed by atoms with Crippen molar-refractivity contribution in [3.8, 4) is 0 Å². The number of carbonyl (C=O) groups excluding carboxylic acids is 1. The summed E-state index contributed by atoms with van der Waals surface area (Å²) in [5.41, 5.74) is 0. The molecule has 1 saturated heterocycles. The molecule has 3 atom stereocenters. The number of allylic oxidation sites excluding steroid dienone is 1. The van der Waals surface area contributed by atoms with Crippen molar-refractivity contribution in [3.63, 3.8) is 0 Å². The average molecular weight is 193 g/mol. The maximum atomic E-state index is 11.4. The Labute approximate surface area is 86.0 Å². The molecule has 0 aromatic carbocycles. The summed E-state index contributed by atoms with van der Waals surface area (Å²) in [6.07, 6.45) is 9.23. The Morgan fingerprint density at radius 2 is 2.21 bits per heavy atom. The number of likely N-dealkylation sites (tertiary alicyclic amines) is 1. The Balaban J connectivity index is 2.12. The van der Waals surface area contributed by atoms with E-state index in [9.17, 15) is 4.79 Å². The highest BCUT2D eigenvalue weighted by Gasteiger charge is 2.39. The van der Waals surface area contributed by atoms with Crippen molar-refractivity contribution < 1.29 is 4.79 Å². The van der Waals surface area contributed by atoms with Crippen LogP contribution in [0.25, 0.3) is 0 Å². The number of likely N-dealkylation sites (N-methyl/N-ethyl adjacent to an activating group) is 1. The zero-order chi connectivity index (χ0) is 10.1. The van der Waals surface area contributed by atoms with Gasteiger partial charge in [0.2, 0.25) is 0 Å². The molecule has 1 aliphatic carbocycles. The van der Waals surface area contributed by atoms with E-state index in [0.29, 0.717) is 11.8 Å². The molecule has 0 amide bonds. The molecule has 0 bridgehead atoms. The van der Waals surface area contributed by atoms with E-state index in [0.717, 1.165) is 18.8 Å². The van der Waals surface area contributed by atoms with Crippen LogP contribution in [0.3, 0.4) is 0 Å². The molecule has 2 heteroatoms. The first kappa shape index (κ1) is 9.91. The summed E-state index contributed by atoms with van der Waals surface area (Å²) in [5.74, 6) is 1.08. The molecule has 0 N–H and O–H groups in total. The second kappa shape index (κ2) is 3.85. The van der Waals surface area contributed by atoms with Gasteiger partial charge >= 0.3 is 0 Å². The third-order valence-corrected chi connectivity index (χ3v) is 3.80. The first-order chi connectivity index (χ1) is 6.70. The van der Waals surface area contributed by atoms with E-state index < -0.39 is 0 Å². The van der Waals surface area contributed by atoms with Crippen LogP contribution in [0.5, 0.6) is 0 Å². The number of rotatable bonds is 1. The van der Waals surface area contributed by atoms with Crippen LogP contribution in [0.1, 0.15) is 32.6 Å². The van der Waals surface area contributed by atoms with Crippen LogP contribution in [0.2, 0.25) is 0 Å². The molecule has 2 rings (SSSR count). The molecule has 2 nitrogen and oxygen atoms in total. The van der Waals surface area contributed by atoms with Gasteiger partial charge in [0.1, 0.15) is 5.78 Å². The lowest BCUT2D eigenvalue weighted by atomic mass is 9.93. The lowest BCUT2D eigenvalue weighted by molar-refractivity contribution is -0.121. The van der Waals surface area contributed by atoms with E-state index in [4.69, 9.17) is 0 Å².